The lowest BCUT2D eigenvalue weighted by atomic mass is 9.98. The van der Waals surface area contributed by atoms with Crippen molar-refractivity contribution in [2.24, 2.45) is 5.73 Å². The van der Waals surface area contributed by atoms with Crippen LogP contribution in [0.15, 0.2) is 30.5 Å². The van der Waals surface area contributed by atoms with Crippen molar-refractivity contribution in [1.29, 1.82) is 0 Å². The molecule has 2 aliphatic rings. The number of aryl methyl sites for hydroxylation is 1. The highest BCUT2D eigenvalue weighted by molar-refractivity contribution is 6.31. The monoisotopic (exact) mass is 579 g/mol. The molecule has 0 unspecified atom stereocenters. The highest BCUT2D eigenvalue weighted by atomic mass is 35.5. The molecule has 2 aromatic heterocycles. The molecule has 10 nitrogen and oxygen atoms in total. The average molecular weight is 580 g/mol. The number of hydrogen-bond acceptors (Lipinski definition) is 7. The Kier molecular flexibility index (Phi) is 7.78. The molecule has 2 aliphatic heterocycles. The van der Waals surface area contributed by atoms with E-state index in [4.69, 9.17) is 27.4 Å². The summed E-state index contributed by atoms with van der Waals surface area (Å²) in [5.74, 6) is 0.418. The molecule has 0 spiro atoms. The molecule has 3 aromatic rings. The summed E-state index contributed by atoms with van der Waals surface area (Å²) >= 11 is 6.16. The molecule has 0 radical (unpaired) electrons. The number of halogens is 4. The van der Waals surface area contributed by atoms with Gasteiger partial charge in [-0.05, 0) is 50.8 Å². The number of rotatable bonds is 5. The van der Waals surface area contributed by atoms with Gasteiger partial charge in [0.25, 0.3) is 5.91 Å². The van der Waals surface area contributed by atoms with E-state index < -0.39 is 24.8 Å². The Hall–Kier alpha value is -3.58. The van der Waals surface area contributed by atoms with E-state index in [9.17, 15) is 22.8 Å². The number of hydrogen-bond donors (Lipinski definition) is 2. The van der Waals surface area contributed by atoms with E-state index in [0.29, 0.717) is 24.3 Å². The lowest BCUT2D eigenvalue weighted by Gasteiger charge is -2.35. The SMILES string of the molecule is Cc1cn2nc([C@@H]3CCCCN3C(=O)c3cc(Cl)ccc3NC(=O)OCC(F)(F)F)cc2nc1N1CC[C@H](N)C1. The Balaban J connectivity index is 1.41. The largest absolute Gasteiger partial charge is 0.440 e. The highest BCUT2D eigenvalue weighted by Crippen LogP contribution is 2.34. The molecule has 40 heavy (non-hydrogen) atoms. The molecule has 2 atom stereocenters. The molecule has 3 N–H and O–H groups in total. The smallest absolute Gasteiger partial charge is 0.422 e. The van der Waals surface area contributed by atoms with Crippen molar-refractivity contribution < 1.29 is 27.5 Å². The second-order valence-corrected chi connectivity index (χ2v) is 10.6. The molecular formula is C26H29ClF3N7O3. The van der Waals surface area contributed by atoms with Gasteiger partial charge in [-0.2, -0.15) is 18.3 Å². The molecule has 5 rings (SSSR count). The molecule has 2 amide bonds. The Bertz CT molecular complexity index is 1430. The van der Waals surface area contributed by atoms with Gasteiger partial charge >= 0.3 is 12.3 Å². The van der Waals surface area contributed by atoms with Crippen molar-refractivity contribution in [2.45, 2.75) is 50.9 Å². The minimum atomic E-state index is -4.68. The van der Waals surface area contributed by atoms with Crippen molar-refractivity contribution in [3.63, 3.8) is 0 Å². The topological polar surface area (TPSA) is 118 Å². The second kappa shape index (κ2) is 11.1. The van der Waals surface area contributed by atoms with Crippen LogP contribution in [0, 0.1) is 6.92 Å². The number of amides is 2. The van der Waals surface area contributed by atoms with Crippen molar-refractivity contribution >= 4 is 40.8 Å². The second-order valence-electron chi connectivity index (χ2n) is 10.1. The first-order valence-corrected chi connectivity index (χ1v) is 13.3. The van der Waals surface area contributed by atoms with Gasteiger partial charge in [0.15, 0.2) is 12.3 Å². The van der Waals surface area contributed by atoms with E-state index in [1.165, 1.54) is 18.2 Å². The number of aromatic nitrogens is 3. The fraction of sp³-hybridized carbons (Fsp3) is 0.462. The van der Waals surface area contributed by atoms with Gasteiger partial charge in [-0.25, -0.2) is 14.3 Å². The van der Waals surface area contributed by atoms with Gasteiger partial charge in [0, 0.05) is 48.5 Å². The summed E-state index contributed by atoms with van der Waals surface area (Å²) in [5, 5.41) is 7.20. The fourth-order valence-electron chi connectivity index (χ4n) is 5.21. The third-order valence-corrected chi connectivity index (χ3v) is 7.30. The van der Waals surface area contributed by atoms with Gasteiger partial charge in [-0.3, -0.25) is 10.1 Å². The maximum Gasteiger partial charge on any atom is 0.422 e. The normalized spacial score (nSPS) is 19.8. The summed E-state index contributed by atoms with van der Waals surface area (Å²) in [6.45, 7) is 2.20. The first kappa shape index (κ1) is 28.0. The Morgan fingerprint density at radius 1 is 1.20 bits per heavy atom. The van der Waals surface area contributed by atoms with Crippen molar-refractivity contribution in [3.05, 3.63) is 52.3 Å². The number of likely N-dealkylation sites (tertiary alicyclic amines) is 1. The molecule has 2 fully saturated rings. The molecular weight excluding hydrogens is 551 g/mol. The maximum atomic E-state index is 13.8. The van der Waals surface area contributed by atoms with Crippen LogP contribution in [0.2, 0.25) is 5.02 Å². The van der Waals surface area contributed by atoms with Crippen LogP contribution < -0.4 is 16.0 Å². The van der Waals surface area contributed by atoms with E-state index in [-0.39, 0.29) is 28.4 Å². The van der Waals surface area contributed by atoms with E-state index in [0.717, 1.165) is 43.7 Å². The number of nitrogens with one attached hydrogen (secondary N) is 1. The number of carbonyl (C=O) groups excluding carboxylic acids is 2. The van der Waals surface area contributed by atoms with E-state index in [1.807, 2.05) is 19.2 Å². The van der Waals surface area contributed by atoms with Crippen LogP contribution in [0.4, 0.5) is 29.5 Å². The molecule has 14 heteroatoms. The zero-order valence-corrected chi connectivity index (χ0v) is 22.5. The molecule has 1 aromatic carbocycles. The standard InChI is InChI=1S/C26H29ClF3N7O3/c1-15-12-37-22(33-23(15)35-9-7-17(31)13-35)11-20(34-37)21-4-2-3-8-36(21)24(38)18-10-16(27)5-6-19(18)32-25(39)40-14-26(28,29)30/h5-6,10-12,17,21H,2-4,7-9,13-14,31H2,1H3,(H,32,39)/t17-,21-/m0/s1. The van der Waals surface area contributed by atoms with Gasteiger partial charge < -0.3 is 20.3 Å². The first-order chi connectivity index (χ1) is 19.0. The van der Waals surface area contributed by atoms with E-state index in [2.05, 4.69) is 15.0 Å². The third kappa shape index (κ3) is 6.09. The van der Waals surface area contributed by atoms with Crippen molar-refractivity contribution in [2.75, 3.05) is 36.5 Å². The third-order valence-electron chi connectivity index (χ3n) is 7.07. The molecule has 0 saturated carbocycles. The molecule has 2 saturated heterocycles. The van der Waals surface area contributed by atoms with E-state index in [1.54, 1.807) is 9.42 Å². The minimum Gasteiger partial charge on any atom is -0.440 e. The number of benzene rings is 1. The Morgan fingerprint density at radius 2 is 2.00 bits per heavy atom. The minimum absolute atomic E-state index is 0.00773. The summed E-state index contributed by atoms with van der Waals surface area (Å²) in [6.07, 6.45) is -0.929. The summed E-state index contributed by atoms with van der Waals surface area (Å²) in [5.41, 5.74) is 8.38. The lowest BCUT2D eigenvalue weighted by Crippen LogP contribution is -2.39. The lowest BCUT2D eigenvalue weighted by molar-refractivity contribution is -0.159. The number of alkyl halides is 3. The van der Waals surface area contributed by atoms with Gasteiger partial charge in [0.1, 0.15) is 5.82 Å². The summed E-state index contributed by atoms with van der Waals surface area (Å²) in [6, 6.07) is 5.74. The molecule has 0 bridgehead atoms. The summed E-state index contributed by atoms with van der Waals surface area (Å²) < 4.78 is 43.4. The van der Waals surface area contributed by atoms with E-state index >= 15 is 0 Å². The van der Waals surface area contributed by atoms with Crippen LogP contribution in [0.1, 0.15) is 53.3 Å². The number of nitrogens with zero attached hydrogens (tertiary/aromatic N) is 5. The molecule has 4 heterocycles. The number of carbonyl (C=O) groups is 2. The van der Waals surface area contributed by atoms with Crippen molar-refractivity contribution in [3.8, 4) is 0 Å². The van der Waals surface area contributed by atoms with Crippen LogP contribution in [-0.4, -0.2) is 70.0 Å². The first-order valence-electron chi connectivity index (χ1n) is 13.0. The Morgan fingerprint density at radius 3 is 2.73 bits per heavy atom. The number of nitrogens with two attached hydrogens (primary N) is 1. The van der Waals surface area contributed by atoms with Gasteiger partial charge in [-0.15, -0.1) is 0 Å². The van der Waals surface area contributed by atoms with Crippen LogP contribution in [0.5, 0.6) is 0 Å². The quantitative estimate of drug-likeness (QED) is 0.449. The van der Waals surface area contributed by atoms with Crippen LogP contribution in [0.3, 0.4) is 0 Å². The number of anilines is 2. The van der Waals surface area contributed by atoms with Crippen LogP contribution in [0.25, 0.3) is 5.65 Å². The zero-order chi connectivity index (χ0) is 28.6. The maximum absolute atomic E-state index is 13.8. The number of piperidine rings is 1. The highest BCUT2D eigenvalue weighted by Gasteiger charge is 2.33. The number of fused-ring (bicyclic) bond motifs is 1. The van der Waals surface area contributed by atoms with Gasteiger partial charge in [-0.1, -0.05) is 11.6 Å². The average Bonchev–Trinajstić information content (AvgIpc) is 3.52. The Labute approximate surface area is 233 Å². The zero-order valence-electron chi connectivity index (χ0n) is 21.7. The summed E-state index contributed by atoms with van der Waals surface area (Å²) in [4.78, 5) is 34.5. The van der Waals surface area contributed by atoms with Crippen molar-refractivity contribution in [1.82, 2.24) is 19.5 Å². The van der Waals surface area contributed by atoms with Crippen LogP contribution in [-0.2, 0) is 4.74 Å². The molecule has 214 valence electrons. The molecule has 0 aliphatic carbocycles. The van der Waals surface area contributed by atoms with Crippen LogP contribution >= 0.6 is 11.6 Å². The number of ether oxygens (including phenoxy) is 1. The summed E-state index contributed by atoms with van der Waals surface area (Å²) in [7, 11) is 0. The van der Waals surface area contributed by atoms with Gasteiger partial charge in [0.2, 0.25) is 0 Å². The predicted molar refractivity (Wildman–Crippen MR) is 143 cm³/mol. The fourth-order valence-corrected chi connectivity index (χ4v) is 5.39. The predicted octanol–water partition coefficient (Wildman–Crippen LogP) is 4.71. The van der Waals surface area contributed by atoms with Gasteiger partial charge in [0.05, 0.1) is 23.0 Å².